The van der Waals surface area contributed by atoms with Crippen LogP contribution in [0.15, 0.2) is 64.9 Å². The molecule has 0 saturated heterocycles. The molecular formula is C17H16ClNO4S2. The first-order valence-corrected chi connectivity index (χ1v) is 11.0. The van der Waals surface area contributed by atoms with Crippen LogP contribution in [0.4, 0.5) is 5.69 Å². The van der Waals surface area contributed by atoms with Crippen molar-refractivity contribution in [2.75, 3.05) is 10.1 Å². The Morgan fingerprint density at radius 1 is 1.12 bits per heavy atom. The van der Waals surface area contributed by atoms with Gasteiger partial charge in [-0.15, -0.1) is 0 Å². The summed E-state index contributed by atoms with van der Waals surface area (Å²) in [5, 5.41) is 1.36. The zero-order valence-electron chi connectivity index (χ0n) is 13.3. The molecule has 0 fully saturated rings. The Balaban J connectivity index is 2.18. The van der Waals surface area contributed by atoms with Crippen LogP contribution in [0.2, 0.25) is 5.02 Å². The predicted molar refractivity (Wildman–Crippen MR) is 99.0 cm³/mol. The molecule has 2 aromatic rings. The lowest BCUT2D eigenvalue weighted by atomic mass is 10.2. The quantitative estimate of drug-likeness (QED) is 0.794. The molecule has 5 nitrogen and oxygen atoms in total. The molecule has 0 radical (unpaired) electrons. The lowest BCUT2D eigenvalue weighted by Gasteiger charge is -2.29. The predicted octanol–water partition coefficient (Wildman–Crippen LogP) is 3.15. The molecule has 1 aliphatic rings. The number of aryl methyl sites for hydroxylation is 1. The Hall–Kier alpha value is -1.83. The normalized spacial score (nSPS) is 19.0. The second-order valence-corrected chi connectivity index (χ2v) is 9.92. The molecule has 132 valence electrons. The smallest absolute Gasteiger partial charge is 0.258 e. The van der Waals surface area contributed by atoms with Crippen LogP contribution >= 0.6 is 11.6 Å². The molecule has 0 saturated carbocycles. The van der Waals surface area contributed by atoms with Crippen LogP contribution in [0.25, 0.3) is 0 Å². The van der Waals surface area contributed by atoms with Crippen LogP contribution in [0.5, 0.6) is 0 Å². The zero-order valence-corrected chi connectivity index (χ0v) is 15.7. The van der Waals surface area contributed by atoms with Crippen LogP contribution < -0.4 is 4.31 Å². The highest BCUT2D eigenvalue weighted by molar-refractivity contribution is 7.95. The minimum Gasteiger partial charge on any atom is -0.258 e. The highest BCUT2D eigenvalue weighted by Crippen LogP contribution is 2.31. The highest BCUT2D eigenvalue weighted by atomic mass is 35.5. The summed E-state index contributed by atoms with van der Waals surface area (Å²) in [6.07, 6.45) is 1.40. The number of nitrogens with zero attached hydrogens (tertiary/aromatic N) is 1. The van der Waals surface area contributed by atoms with Gasteiger partial charge < -0.3 is 0 Å². The van der Waals surface area contributed by atoms with Gasteiger partial charge in [-0.05, 0) is 42.8 Å². The maximum absolute atomic E-state index is 13.3. The highest BCUT2D eigenvalue weighted by Gasteiger charge is 2.36. The largest absolute Gasteiger partial charge is 0.265 e. The van der Waals surface area contributed by atoms with Crippen LogP contribution in [-0.2, 0) is 19.9 Å². The van der Waals surface area contributed by atoms with Crippen LogP contribution in [0, 0.1) is 6.92 Å². The Morgan fingerprint density at radius 2 is 1.80 bits per heavy atom. The first-order valence-electron chi connectivity index (χ1n) is 7.47. The average molecular weight is 398 g/mol. The maximum atomic E-state index is 13.3. The van der Waals surface area contributed by atoms with Gasteiger partial charge in [0.1, 0.15) is 0 Å². The average Bonchev–Trinajstić information content (AvgIpc) is 2.90. The van der Waals surface area contributed by atoms with Gasteiger partial charge >= 0.3 is 0 Å². The molecule has 3 rings (SSSR count). The third-order valence-electron chi connectivity index (χ3n) is 3.91. The number of halogens is 1. The molecule has 0 aromatic heterocycles. The molecule has 0 bridgehead atoms. The summed E-state index contributed by atoms with van der Waals surface area (Å²) < 4.78 is 51.5. The summed E-state index contributed by atoms with van der Waals surface area (Å²) in [5.74, 6) is -0.291. The van der Waals surface area contributed by atoms with Crippen LogP contribution in [0.3, 0.4) is 0 Å². The molecule has 1 aliphatic heterocycles. The van der Waals surface area contributed by atoms with Crippen molar-refractivity contribution in [2.45, 2.75) is 17.9 Å². The van der Waals surface area contributed by atoms with Crippen molar-refractivity contribution in [2.24, 2.45) is 0 Å². The minimum atomic E-state index is -4.01. The molecule has 0 aliphatic carbocycles. The summed E-state index contributed by atoms with van der Waals surface area (Å²) in [6.45, 7) is 1.67. The second kappa shape index (κ2) is 6.48. The van der Waals surface area contributed by atoms with Gasteiger partial charge in [0.25, 0.3) is 10.0 Å². The van der Waals surface area contributed by atoms with E-state index in [1.54, 1.807) is 49.4 Å². The van der Waals surface area contributed by atoms with Gasteiger partial charge in [0.15, 0.2) is 9.84 Å². The van der Waals surface area contributed by atoms with Crippen molar-refractivity contribution >= 4 is 37.1 Å². The fraction of sp³-hybridized carbons (Fsp3) is 0.176. The van der Waals surface area contributed by atoms with E-state index in [0.29, 0.717) is 16.3 Å². The van der Waals surface area contributed by atoms with E-state index in [0.717, 1.165) is 9.71 Å². The molecule has 0 N–H and O–H groups in total. The van der Waals surface area contributed by atoms with E-state index >= 15 is 0 Å². The van der Waals surface area contributed by atoms with Crippen LogP contribution in [0.1, 0.15) is 5.56 Å². The monoisotopic (exact) mass is 397 g/mol. The third kappa shape index (κ3) is 3.58. The van der Waals surface area contributed by atoms with Crippen molar-refractivity contribution in [1.82, 2.24) is 0 Å². The number of anilines is 1. The molecule has 1 atom stereocenters. The van der Waals surface area contributed by atoms with Crippen molar-refractivity contribution < 1.29 is 16.8 Å². The number of sulfonamides is 1. The van der Waals surface area contributed by atoms with E-state index in [-0.39, 0.29) is 10.6 Å². The minimum absolute atomic E-state index is 0.0570. The van der Waals surface area contributed by atoms with E-state index in [4.69, 9.17) is 11.6 Å². The van der Waals surface area contributed by atoms with Gasteiger partial charge in [0, 0.05) is 10.4 Å². The van der Waals surface area contributed by atoms with E-state index in [9.17, 15) is 16.8 Å². The summed E-state index contributed by atoms with van der Waals surface area (Å²) in [4.78, 5) is 0.0570. The van der Waals surface area contributed by atoms with Crippen LogP contribution in [-0.4, -0.2) is 28.6 Å². The second-order valence-electron chi connectivity index (χ2n) is 5.77. The standard InChI is InChI=1S/C17H16ClNO4S2/c1-13-7-8-14(18)11-17(13)25(22,23)19(15-5-3-2-4-6-15)16-9-10-24(20,21)12-16/h2-11,16H,12H2,1H3/t16-/m0/s1. The molecule has 0 amide bonds. The summed E-state index contributed by atoms with van der Waals surface area (Å²) in [7, 11) is -7.43. The number of para-hydroxylation sites is 1. The SMILES string of the molecule is Cc1ccc(Cl)cc1S(=O)(=O)N(c1ccccc1)[C@H]1C=CS(=O)(=O)C1. The Morgan fingerprint density at radius 3 is 2.40 bits per heavy atom. The van der Waals surface area contributed by atoms with Crippen molar-refractivity contribution in [3.8, 4) is 0 Å². The number of rotatable bonds is 4. The lowest BCUT2D eigenvalue weighted by molar-refractivity contribution is 0.586. The topological polar surface area (TPSA) is 71.5 Å². The maximum Gasteiger partial charge on any atom is 0.265 e. The van der Waals surface area contributed by atoms with Crippen molar-refractivity contribution in [3.05, 3.63) is 70.6 Å². The van der Waals surface area contributed by atoms with E-state index < -0.39 is 25.9 Å². The first-order chi connectivity index (χ1) is 11.7. The van der Waals surface area contributed by atoms with Gasteiger partial charge in [-0.25, -0.2) is 16.8 Å². The molecular weight excluding hydrogens is 382 g/mol. The fourth-order valence-corrected chi connectivity index (χ4v) is 6.21. The molecule has 0 unspecified atom stereocenters. The summed E-state index contributed by atoms with van der Waals surface area (Å²) in [5.41, 5.74) is 0.934. The Bertz CT molecular complexity index is 1030. The fourth-order valence-electron chi connectivity index (χ4n) is 2.75. The molecule has 8 heteroatoms. The Kier molecular flexibility index (Phi) is 4.66. The lowest BCUT2D eigenvalue weighted by Crippen LogP contribution is -2.41. The van der Waals surface area contributed by atoms with Gasteiger partial charge in [-0.3, -0.25) is 4.31 Å². The number of sulfone groups is 1. The summed E-state index contributed by atoms with van der Waals surface area (Å²) in [6, 6.07) is 12.3. The molecule has 2 aromatic carbocycles. The van der Waals surface area contributed by atoms with E-state index in [1.165, 1.54) is 12.1 Å². The van der Waals surface area contributed by atoms with Gasteiger partial charge in [-0.1, -0.05) is 35.9 Å². The van der Waals surface area contributed by atoms with E-state index in [1.807, 2.05) is 0 Å². The number of benzene rings is 2. The van der Waals surface area contributed by atoms with Crippen molar-refractivity contribution in [1.29, 1.82) is 0 Å². The third-order valence-corrected chi connectivity index (χ3v) is 7.52. The molecule has 1 heterocycles. The van der Waals surface area contributed by atoms with E-state index in [2.05, 4.69) is 0 Å². The number of hydrogen-bond acceptors (Lipinski definition) is 4. The molecule has 0 spiro atoms. The number of hydrogen-bond donors (Lipinski definition) is 0. The first kappa shape index (κ1) is 18.0. The summed E-state index contributed by atoms with van der Waals surface area (Å²) >= 11 is 5.99. The zero-order chi connectivity index (χ0) is 18.2. The Labute approximate surface area is 152 Å². The van der Waals surface area contributed by atoms with Gasteiger partial charge in [0.05, 0.1) is 22.4 Å². The van der Waals surface area contributed by atoms with Gasteiger partial charge in [-0.2, -0.15) is 0 Å². The van der Waals surface area contributed by atoms with Crippen molar-refractivity contribution in [3.63, 3.8) is 0 Å². The molecule has 25 heavy (non-hydrogen) atoms. The van der Waals surface area contributed by atoms with Gasteiger partial charge in [0.2, 0.25) is 0 Å².